The van der Waals surface area contributed by atoms with E-state index in [-0.39, 0.29) is 88.3 Å². The molecule has 3 heterocycles. The normalized spacial score (nSPS) is 23.3. The van der Waals surface area contributed by atoms with Crippen LogP contribution in [0.5, 0.6) is 0 Å². The topological polar surface area (TPSA) is 578 Å². The molecule has 0 unspecified atom stereocenters. The van der Waals surface area contributed by atoms with Gasteiger partial charge in [0.2, 0.25) is 82.7 Å². The van der Waals surface area contributed by atoms with Crippen LogP contribution in [0.25, 0.3) is 21.8 Å². The number of carbonyl (C=O) groups is 14. The van der Waals surface area contributed by atoms with Gasteiger partial charge in [-0.05, 0) is 97.7 Å². The van der Waals surface area contributed by atoms with Crippen molar-refractivity contribution in [2.24, 2.45) is 45.5 Å². The van der Waals surface area contributed by atoms with Gasteiger partial charge in [-0.15, -0.1) is 11.8 Å². The molecule has 1 fully saturated rings. The molecule has 1 aliphatic rings. The number of amides is 14. The molecule has 598 valence electrons. The van der Waals surface area contributed by atoms with Gasteiger partial charge < -0.3 is 108 Å². The number of hydrogen-bond acceptors (Lipinski definition) is 19. The molecule has 0 aliphatic carbocycles. The summed E-state index contributed by atoms with van der Waals surface area (Å²) in [7, 11) is 0. The highest BCUT2D eigenvalue weighted by Gasteiger charge is 2.38. The van der Waals surface area contributed by atoms with Crippen molar-refractivity contribution in [2.75, 3.05) is 49.8 Å². The molecule has 12 atom stereocenters. The average Bonchev–Trinajstić information content (AvgIpc) is 1.64. The van der Waals surface area contributed by atoms with Gasteiger partial charge in [-0.25, -0.2) is 0 Å². The number of fused-ring (bicyclic) bond motifs is 2. The van der Waals surface area contributed by atoms with E-state index < -0.39 is 186 Å². The van der Waals surface area contributed by atoms with Crippen molar-refractivity contribution in [1.82, 2.24) is 73.8 Å². The Bertz CT molecular complexity index is 4040. The zero-order valence-electron chi connectivity index (χ0n) is 62.2. The van der Waals surface area contributed by atoms with Crippen LogP contribution in [0.3, 0.4) is 0 Å². The Morgan fingerprint density at radius 1 is 0.527 bits per heavy atom. The largest absolute Gasteiger partial charge is 0.394 e. The second kappa shape index (κ2) is 44.6. The van der Waals surface area contributed by atoms with E-state index in [1.165, 1.54) is 11.8 Å². The van der Waals surface area contributed by atoms with Gasteiger partial charge in [-0.1, -0.05) is 101 Å². The van der Waals surface area contributed by atoms with E-state index >= 15 is 14.4 Å². The van der Waals surface area contributed by atoms with E-state index in [2.05, 4.69) is 78.8 Å². The van der Waals surface area contributed by atoms with E-state index in [1.807, 2.05) is 0 Å². The Hall–Kier alpha value is -10.8. The lowest BCUT2D eigenvalue weighted by atomic mass is 9.96. The molecule has 0 bridgehead atoms. The number of thioether (sulfide) groups is 2. The molecule has 6 rings (SSSR count). The van der Waals surface area contributed by atoms with Crippen LogP contribution >= 0.6 is 23.5 Å². The van der Waals surface area contributed by atoms with Gasteiger partial charge in [-0.3, -0.25) is 72.1 Å². The van der Waals surface area contributed by atoms with Crippen LogP contribution in [-0.2, 0) is 86.4 Å². The summed E-state index contributed by atoms with van der Waals surface area (Å²) in [6.07, 6.45) is 4.13. The maximum atomic E-state index is 15.1. The summed E-state index contributed by atoms with van der Waals surface area (Å²) in [4.78, 5) is 210. The number of unbranched alkanes of at least 4 members (excludes halogenated alkanes) is 1. The van der Waals surface area contributed by atoms with Crippen molar-refractivity contribution in [1.29, 1.82) is 0 Å². The smallest absolute Gasteiger partial charge is 0.245 e. The lowest BCUT2D eigenvalue weighted by Crippen LogP contribution is -2.61. The highest BCUT2D eigenvalue weighted by molar-refractivity contribution is 8.00. The van der Waals surface area contributed by atoms with Crippen molar-refractivity contribution >= 4 is 134 Å². The first kappa shape index (κ1) is 88.1. The van der Waals surface area contributed by atoms with Crippen LogP contribution in [0, 0.1) is 11.8 Å². The Balaban J connectivity index is 1.42. The molecule has 0 spiro atoms. The number of nitrogens with zero attached hydrogens (tertiary/aromatic N) is 1. The van der Waals surface area contributed by atoms with Crippen LogP contribution in [0.1, 0.15) is 95.8 Å². The van der Waals surface area contributed by atoms with Crippen molar-refractivity contribution in [3.8, 4) is 0 Å². The summed E-state index contributed by atoms with van der Waals surface area (Å²) >= 11 is 2.17. The van der Waals surface area contributed by atoms with Gasteiger partial charge in [-0.2, -0.15) is 11.8 Å². The predicted molar refractivity (Wildman–Crippen MR) is 416 cm³/mol. The molecule has 110 heavy (non-hydrogen) atoms. The third kappa shape index (κ3) is 27.7. The van der Waals surface area contributed by atoms with E-state index in [0.29, 0.717) is 44.9 Å². The number of aromatic nitrogens is 2. The summed E-state index contributed by atoms with van der Waals surface area (Å²) in [5, 5.41) is 43.1. The van der Waals surface area contributed by atoms with E-state index in [9.17, 15) is 57.8 Å². The number of aromatic amines is 2. The minimum Gasteiger partial charge on any atom is -0.394 e. The first-order chi connectivity index (χ1) is 52.5. The Labute approximate surface area is 644 Å². The van der Waals surface area contributed by atoms with Crippen molar-refractivity contribution in [2.45, 2.75) is 165 Å². The Morgan fingerprint density at radius 2 is 1.00 bits per heavy atom. The van der Waals surface area contributed by atoms with E-state index in [1.54, 1.807) is 125 Å². The van der Waals surface area contributed by atoms with Crippen LogP contribution in [0.4, 0.5) is 0 Å². The molecule has 35 nitrogen and oxygen atoms in total. The van der Waals surface area contributed by atoms with Crippen LogP contribution < -0.4 is 92.5 Å². The maximum absolute atomic E-state index is 15.1. The molecule has 0 saturated carbocycles. The number of aliphatic hydroxyl groups excluding tert-OH is 1. The molecular weight excluding hydrogens is 1460 g/mol. The minimum atomic E-state index is -1.83. The van der Waals surface area contributed by atoms with Gasteiger partial charge in [0.1, 0.15) is 66.5 Å². The maximum Gasteiger partial charge on any atom is 0.245 e. The number of H-pyrrole nitrogens is 2. The lowest BCUT2D eigenvalue weighted by molar-refractivity contribution is -0.136. The summed E-state index contributed by atoms with van der Waals surface area (Å²) < 4.78 is 0. The number of hydrogen-bond donors (Lipinski definition) is 20. The number of carbonyl (C=O) groups excluding carboxylic acids is 14. The lowest BCUT2D eigenvalue weighted by Gasteiger charge is -2.29. The number of guanidine groups is 1. The molecule has 1 saturated heterocycles. The monoisotopic (exact) mass is 1560 g/mol. The standard InChI is InChI=1S/C73H104N20O15S2/c1-6-40(4)61-72(108)90-55(36-94)63(99)82-35-58(96)83-48(23-14-15-26-74)64(100)89-54(32-57(75)95)68(104)88-52(30-42-33-80-46-21-12-10-19-44(42)46)67(103)86-50(25-28-109-5)66(102)85-49(24-16-27-79-73(77)78)65(101)87-53(31-43-34-81-47-22-13-11-20-45(43)47)70(106)92-60(39(2)3)71(107)91-56(62(76)98)37-110-38-59(97)84-51(69(105)93-61)29-41-17-8-7-9-18-41/h7-13,17-22,33-34,39-40,48-56,60-61,80-81,94H,6,14-16,23-32,35-38,74H2,1-5H3,(H2,75,95)(H2,76,98)(H,82,99)(H,83,96)(H,84,97)(H,85,102)(H,86,103)(H,87,101)(H,88,104)(H,89,100)(H,90,108)(H,91,107)(H,92,106)(H,93,105)(H4,77,78,79)/t40-,48-,49-,50-,51-,52-,53-,54-,55-,56-,60-,61-/m0/s1. The fourth-order valence-electron chi connectivity index (χ4n) is 12.0. The van der Waals surface area contributed by atoms with E-state index in [0.717, 1.165) is 11.8 Å². The summed E-state index contributed by atoms with van der Waals surface area (Å²) in [5.74, 6) is -15.4. The number of benzene rings is 3. The zero-order valence-corrected chi connectivity index (χ0v) is 63.8. The molecule has 3 aromatic carbocycles. The summed E-state index contributed by atoms with van der Waals surface area (Å²) in [5.41, 5.74) is 31.7. The molecular formula is C73H104N20O15S2. The first-order valence-electron chi connectivity index (χ1n) is 36.3. The summed E-state index contributed by atoms with van der Waals surface area (Å²) in [6, 6.07) is 5.97. The van der Waals surface area contributed by atoms with Gasteiger partial charge in [0.25, 0.3) is 0 Å². The second-order valence-corrected chi connectivity index (χ2v) is 29.1. The number of para-hydroxylation sites is 2. The first-order valence-corrected chi connectivity index (χ1v) is 38.8. The third-order valence-electron chi connectivity index (χ3n) is 18.3. The Kier molecular flexibility index (Phi) is 35.7. The SMILES string of the molecule is CC[C@H](C)[C@@H]1NC(=O)[C@H](Cc2ccccc2)NC(=O)CSC[C@@H](C(N)=O)NC(=O)[C@H](C(C)C)NC(=O)[C@H](Cc2c[nH]c3ccccc23)NC(=O)[C@H](CCCN=C(N)N)NC(=O)[C@H](CCSC)NC(=O)[C@H](Cc2c[nH]c3ccccc23)NC(=O)[C@H](CC(N)=O)NC(=O)[C@H](CCCCN)NC(=O)CNC(=O)[C@H](CO)NC1=O. The molecule has 37 heteroatoms. The molecule has 25 N–H and O–H groups in total. The fraction of sp³-hybridized carbons (Fsp3) is 0.493. The minimum absolute atomic E-state index is 0.0335. The van der Waals surface area contributed by atoms with Crippen molar-refractivity contribution in [3.63, 3.8) is 0 Å². The quantitative estimate of drug-likeness (QED) is 0.0165. The number of primary amides is 2. The highest BCUT2D eigenvalue weighted by Crippen LogP contribution is 2.23. The van der Waals surface area contributed by atoms with Crippen LogP contribution in [0.2, 0.25) is 0 Å². The van der Waals surface area contributed by atoms with Crippen molar-refractivity contribution < 1.29 is 72.2 Å². The molecule has 1 aliphatic heterocycles. The highest BCUT2D eigenvalue weighted by atomic mass is 32.2. The van der Waals surface area contributed by atoms with Crippen molar-refractivity contribution in [3.05, 3.63) is 108 Å². The number of rotatable bonds is 24. The number of nitrogens with two attached hydrogens (primary N) is 5. The van der Waals surface area contributed by atoms with Gasteiger partial charge in [0, 0.05) is 65.8 Å². The molecule has 14 amide bonds. The number of aliphatic imine (C=N–C) groups is 1. The summed E-state index contributed by atoms with van der Waals surface area (Å²) in [6.45, 7) is 4.85. The predicted octanol–water partition coefficient (Wildman–Crippen LogP) is -3.14. The van der Waals surface area contributed by atoms with Gasteiger partial charge >= 0.3 is 0 Å². The van der Waals surface area contributed by atoms with Gasteiger partial charge in [0.05, 0.1) is 25.3 Å². The second-order valence-electron chi connectivity index (χ2n) is 27.1. The van der Waals surface area contributed by atoms with Crippen LogP contribution in [0.15, 0.2) is 96.2 Å². The van der Waals surface area contributed by atoms with E-state index in [4.69, 9.17) is 28.7 Å². The average molecular weight is 1570 g/mol. The molecule has 2 aromatic heterocycles. The zero-order chi connectivity index (χ0) is 80.6. The van der Waals surface area contributed by atoms with Crippen LogP contribution in [-0.4, -0.2) is 220 Å². The number of aliphatic hydroxyl groups is 1. The third-order valence-corrected chi connectivity index (χ3v) is 20.0. The number of nitrogens with one attached hydrogen (secondary N) is 14. The fourth-order valence-corrected chi connectivity index (χ4v) is 13.4. The molecule has 5 aromatic rings. The van der Waals surface area contributed by atoms with Gasteiger partial charge in [0.15, 0.2) is 5.96 Å². The Morgan fingerprint density at radius 3 is 1.54 bits per heavy atom. The molecule has 0 radical (unpaired) electrons.